The minimum Gasteiger partial charge on any atom is -0.489 e. The van der Waals surface area contributed by atoms with Crippen molar-refractivity contribution in [1.29, 1.82) is 0 Å². The van der Waals surface area contributed by atoms with Gasteiger partial charge in [0.25, 0.3) is 0 Å². The molecule has 3 heteroatoms. The van der Waals surface area contributed by atoms with E-state index in [9.17, 15) is 0 Å². The van der Waals surface area contributed by atoms with Crippen molar-refractivity contribution in [2.24, 2.45) is 0 Å². The molecule has 1 saturated heterocycles. The maximum Gasteiger partial charge on any atom is 0.144 e. The van der Waals surface area contributed by atoms with Gasteiger partial charge in [0.1, 0.15) is 5.75 Å². The first-order valence-corrected chi connectivity index (χ1v) is 7.94. The summed E-state index contributed by atoms with van der Waals surface area (Å²) in [6.45, 7) is 7.50. The molecule has 1 aliphatic rings. The van der Waals surface area contributed by atoms with Gasteiger partial charge in [0, 0.05) is 24.3 Å². The van der Waals surface area contributed by atoms with Crippen molar-refractivity contribution in [3.63, 3.8) is 0 Å². The zero-order valence-corrected chi connectivity index (χ0v) is 13.1. The Morgan fingerprint density at radius 2 is 2.10 bits per heavy atom. The van der Waals surface area contributed by atoms with Crippen molar-refractivity contribution in [2.75, 3.05) is 17.2 Å². The fraction of sp³-hybridized carbons (Fsp3) is 0.647. The van der Waals surface area contributed by atoms with E-state index in [1.165, 1.54) is 37.8 Å². The number of nitrogens with two attached hydrogens (primary N) is 1. The lowest BCUT2D eigenvalue weighted by molar-refractivity contribution is 0.244. The molecule has 0 spiro atoms. The van der Waals surface area contributed by atoms with Crippen LogP contribution in [-0.2, 0) is 0 Å². The number of hydrogen-bond acceptors (Lipinski definition) is 3. The fourth-order valence-electron chi connectivity index (χ4n) is 3.00. The van der Waals surface area contributed by atoms with Gasteiger partial charge in [-0.05, 0) is 45.2 Å². The van der Waals surface area contributed by atoms with Gasteiger partial charge in [-0.15, -0.1) is 0 Å². The topological polar surface area (TPSA) is 38.5 Å². The van der Waals surface area contributed by atoms with Crippen molar-refractivity contribution in [3.05, 3.63) is 18.2 Å². The first-order valence-electron chi connectivity index (χ1n) is 7.94. The fourth-order valence-corrected chi connectivity index (χ4v) is 3.00. The quantitative estimate of drug-likeness (QED) is 0.837. The lowest BCUT2D eigenvalue weighted by Gasteiger charge is -2.32. The van der Waals surface area contributed by atoms with E-state index in [4.69, 9.17) is 10.5 Å². The first kappa shape index (κ1) is 15.0. The van der Waals surface area contributed by atoms with E-state index in [0.29, 0.717) is 6.04 Å². The lowest BCUT2D eigenvalue weighted by atomic mass is 10.1. The van der Waals surface area contributed by atoms with Gasteiger partial charge in [-0.2, -0.15) is 0 Å². The number of rotatable bonds is 4. The van der Waals surface area contributed by atoms with Crippen LogP contribution in [-0.4, -0.2) is 18.7 Å². The van der Waals surface area contributed by atoms with E-state index in [2.05, 4.69) is 24.0 Å². The second-order valence-electron chi connectivity index (χ2n) is 5.99. The van der Waals surface area contributed by atoms with E-state index in [0.717, 1.165) is 18.0 Å². The number of anilines is 2. The maximum atomic E-state index is 6.02. The number of nitrogen functional groups attached to an aromatic ring is 1. The van der Waals surface area contributed by atoms with Gasteiger partial charge in [-0.1, -0.05) is 19.8 Å². The van der Waals surface area contributed by atoms with Crippen LogP contribution in [0.2, 0.25) is 0 Å². The number of ether oxygens (including phenoxy) is 1. The van der Waals surface area contributed by atoms with Gasteiger partial charge < -0.3 is 15.4 Å². The Kier molecular flexibility index (Phi) is 5.16. The summed E-state index contributed by atoms with van der Waals surface area (Å²) in [5, 5.41) is 0. The van der Waals surface area contributed by atoms with Gasteiger partial charge in [0.05, 0.1) is 11.8 Å². The molecule has 0 saturated carbocycles. The van der Waals surface area contributed by atoms with Crippen molar-refractivity contribution in [2.45, 2.75) is 65.0 Å². The molecular weight excluding hydrogens is 248 g/mol. The Balaban J connectivity index is 2.25. The van der Waals surface area contributed by atoms with E-state index in [-0.39, 0.29) is 6.10 Å². The molecule has 3 nitrogen and oxygen atoms in total. The molecule has 2 N–H and O–H groups in total. The highest BCUT2D eigenvalue weighted by atomic mass is 16.5. The average molecular weight is 276 g/mol. The smallest absolute Gasteiger partial charge is 0.144 e. The van der Waals surface area contributed by atoms with Crippen LogP contribution in [0.25, 0.3) is 0 Å². The summed E-state index contributed by atoms with van der Waals surface area (Å²) in [5.74, 6) is 0.816. The van der Waals surface area contributed by atoms with E-state index >= 15 is 0 Å². The zero-order chi connectivity index (χ0) is 14.5. The molecule has 1 unspecified atom stereocenters. The summed E-state index contributed by atoms with van der Waals surface area (Å²) in [5.41, 5.74) is 8.00. The highest BCUT2D eigenvalue weighted by Crippen LogP contribution is 2.32. The van der Waals surface area contributed by atoms with Crippen molar-refractivity contribution >= 4 is 11.4 Å². The van der Waals surface area contributed by atoms with Gasteiger partial charge in [0.15, 0.2) is 0 Å². The third-order valence-electron chi connectivity index (χ3n) is 4.04. The summed E-state index contributed by atoms with van der Waals surface area (Å²) in [6.07, 6.45) is 6.61. The molecule has 0 radical (unpaired) electrons. The molecule has 1 aromatic rings. The van der Waals surface area contributed by atoms with Crippen LogP contribution in [0, 0.1) is 0 Å². The molecule has 0 aliphatic carbocycles. The van der Waals surface area contributed by atoms with Crippen molar-refractivity contribution in [3.8, 4) is 5.75 Å². The second-order valence-corrected chi connectivity index (χ2v) is 5.99. The van der Waals surface area contributed by atoms with Crippen LogP contribution in [0.4, 0.5) is 11.4 Å². The molecule has 1 aliphatic heterocycles. The average Bonchev–Trinajstić information content (AvgIpc) is 2.66. The number of nitrogens with zero attached hydrogens (tertiary/aromatic N) is 1. The molecule has 0 bridgehead atoms. The van der Waals surface area contributed by atoms with Crippen LogP contribution in [0.1, 0.15) is 52.9 Å². The highest BCUT2D eigenvalue weighted by Gasteiger charge is 2.20. The van der Waals surface area contributed by atoms with Crippen molar-refractivity contribution < 1.29 is 4.74 Å². The summed E-state index contributed by atoms with van der Waals surface area (Å²) in [7, 11) is 0. The zero-order valence-electron chi connectivity index (χ0n) is 13.1. The number of hydrogen-bond donors (Lipinski definition) is 1. The molecule has 1 atom stereocenters. The second kappa shape index (κ2) is 6.87. The minimum atomic E-state index is 0.152. The van der Waals surface area contributed by atoms with Crippen LogP contribution >= 0.6 is 0 Å². The summed E-state index contributed by atoms with van der Waals surface area (Å²) in [6, 6.07) is 6.87. The van der Waals surface area contributed by atoms with Crippen LogP contribution in [0.3, 0.4) is 0 Å². The predicted molar refractivity (Wildman–Crippen MR) is 86.5 cm³/mol. The summed E-state index contributed by atoms with van der Waals surface area (Å²) >= 11 is 0. The molecular formula is C17H28N2O. The van der Waals surface area contributed by atoms with Crippen LogP contribution in [0.5, 0.6) is 5.75 Å². The van der Waals surface area contributed by atoms with Crippen LogP contribution in [0.15, 0.2) is 18.2 Å². The SMILES string of the molecule is CCC1CCCCCN1c1ccc(N)c(OC(C)C)c1. The third kappa shape index (κ3) is 3.59. The van der Waals surface area contributed by atoms with E-state index in [1.54, 1.807) is 0 Å². The molecule has 2 rings (SSSR count). The number of benzene rings is 1. The molecule has 1 heterocycles. The predicted octanol–water partition coefficient (Wildman–Crippen LogP) is 4.22. The molecule has 20 heavy (non-hydrogen) atoms. The van der Waals surface area contributed by atoms with Gasteiger partial charge >= 0.3 is 0 Å². The monoisotopic (exact) mass is 276 g/mol. The molecule has 0 amide bonds. The Hall–Kier alpha value is -1.38. The Morgan fingerprint density at radius 1 is 1.30 bits per heavy atom. The van der Waals surface area contributed by atoms with Crippen molar-refractivity contribution in [1.82, 2.24) is 0 Å². The molecule has 1 fully saturated rings. The van der Waals surface area contributed by atoms with Gasteiger partial charge in [-0.25, -0.2) is 0 Å². The Bertz CT molecular complexity index is 431. The summed E-state index contributed by atoms with van der Waals surface area (Å²) < 4.78 is 5.82. The lowest BCUT2D eigenvalue weighted by Crippen LogP contribution is -2.34. The molecule has 112 valence electrons. The normalized spacial score (nSPS) is 20.0. The Morgan fingerprint density at radius 3 is 2.80 bits per heavy atom. The maximum absolute atomic E-state index is 6.02. The molecule has 0 aromatic heterocycles. The van der Waals surface area contributed by atoms with Gasteiger partial charge in [0.2, 0.25) is 0 Å². The standard InChI is InChI=1S/C17H28N2O/c1-4-14-8-6-5-7-11-19(14)15-9-10-16(18)17(12-15)20-13(2)3/h9-10,12-14H,4-8,11,18H2,1-3H3. The van der Waals surface area contributed by atoms with E-state index in [1.807, 2.05) is 19.9 Å². The largest absolute Gasteiger partial charge is 0.489 e. The third-order valence-corrected chi connectivity index (χ3v) is 4.04. The molecule has 1 aromatic carbocycles. The highest BCUT2D eigenvalue weighted by molar-refractivity contribution is 5.62. The first-order chi connectivity index (χ1) is 9.61. The minimum absolute atomic E-state index is 0.152. The Labute approximate surface area is 123 Å². The van der Waals surface area contributed by atoms with Crippen LogP contribution < -0.4 is 15.4 Å². The van der Waals surface area contributed by atoms with Gasteiger partial charge in [-0.3, -0.25) is 0 Å². The van der Waals surface area contributed by atoms with E-state index < -0.39 is 0 Å². The summed E-state index contributed by atoms with van der Waals surface area (Å²) in [4.78, 5) is 2.54.